The van der Waals surface area contributed by atoms with Crippen LogP contribution < -0.4 is 5.32 Å². The molecule has 0 spiro atoms. The number of benzene rings is 2. The summed E-state index contributed by atoms with van der Waals surface area (Å²) in [6.07, 6.45) is 4.51. The highest BCUT2D eigenvalue weighted by Crippen LogP contribution is 2.31. The van der Waals surface area contributed by atoms with Gasteiger partial charge in [-0.05, 0) is 36.2 Å². The lowest BCUT2D eigenvalue weighted by molar-refractivity contribution is 0.222. The number of hydrogen-bond acceptors (Lipinski definition) is 3. The molecule has 2 amide bonds. The number of aromatic nitrogens is 2. The van der Waals surface area contributed by atoms with Gasteiger partial charge in [-0.15, -0.1) is 0 Å². The fourth-order valence-electron chi connectivity index (χ4n) is 4.02. The van der Waals surface area contributed by atoms with Crippen LogP contribution in [-0.2, 0) is 0 Å². The fraction of sp³-hybridized carbons (Fsp3) is 0.174. The molecule has 1 aliphatic heterocycles. The number of likely N-dealkylation sites (tertiary alicyclic amines) is 1. The van der Waals surface area contributed by atoms with Crippen molar-refractivity contribution in [2.45, 2.75) is 12.3 Å². The summed E-state index contributed by atoms with van der Waals surface area (Å²) < 4.78 is 0. The first kappa shape index (κ1) is 16.7. The van der Waals surface area contributed by atoms with Crippen LogP contribution in [-0.4, -0.2) is 34.0 Å². The van der Waals surface area contributed by atoms with E-state index in [0.717, 1.165) is 47.0 Å². The van der Waals surface area contributed by atoms with Gasteiger partial charge in [0, 0.05) is 42.2 Å². The Labute approximate surface area is 163 Å². The molecule has 0 radical (unpaired) electrons. The molecule has 5 heteroatoms. The first-order chi connectivity index (χ1) is 13.8. The molecule has 0 aliphatic carbocycles. The Hall–Kier alpha value is -3.47. The van der Waals surface area contributed by atoms with Crippen LogP contribution >= 0.6 is 0 Å². The molecule has 5 nitrogen and oxygen atoms in total. The third-order valence-corrected chi connectivity index (χ3v) is 5.45. The second-order valence-corrected chi connectivity index (χ2v) is 7.17. The van der Waals surface area contributed by atoms with Crippen LogP contribution in [0.4, 0.5) is 10.5 Å². The zero-order valence-corrected chi connectivity index (χ0v) is 15.4. The minimum absolute atomic E-state index is 0.0631. The molecule has 0 bridgehead atoms. The molecule has 1 atom stereocenters. The van der Waals surface area contributed by atoms with E-state index in [1.165, 1.54) is 5.56 Å². The van der Waals surface area contributed by atoms with Gasteiger partial charge in [0.25, 0.3) is 0 Å². The average Bonchev–Trinajstić information content (AvgIpc) is 3.25. The first-order valence-electron chi connectivity index (χ1n) is 9.53. The Morgan fingerprint density at radius 2 is 1.75 bits per heavy atom. The van der Waals surface area contributed by atoms with E-state index in [-0.39, 0.29) is 6.03 Å². The molecule has 2 aromatic carbocycles. The lowest BCUT2D eigenvalue weighted by Gasteiger charge is -2.19. The molecule has 138 valence electrons. The first-order valence-corrected chi connectivity index (χ1v) is 9.53. The van der Waals surface area contributed by atoms with E-state index in [0.29, 0.717) is 5.92 Å². The molecular formula is C23H20N4O. The van der Waals surface area contributed by atoms with Gasteiger partial charge in [-0.3, -0.25) is 9.97 Å². The summed E-state index contributed by atoms with van der Waals surface area (Å²) in [5.74, 6) is 0.395. The summed E-state index contributed by atoms with van der Waals surface area (Å²) >= 11 is 0. The van der Waals surface area contributed by atoms with E-state index >= 15 is 0 Å². The summed E-state index contributed by atoms with van der Waals surface area (Å²) in [6.45, 7) is 1.50. The zero-order chi connectivity index (χ0) is 18.9. The van der Waals surface area contributed by atoms with Crippen molar-refractivity contribution in [2.24, 2.45) is 0 Å². The molecule has 28 heavy (non-hydrogen) atoms. The van der Waals surface area contributed by atoms with Gasteiger partial charge in [-0.25, -0.2) is 4.79 Å². The minimum atomic E-state index is -0.0631. The minimum Gasteiger partial charge on any atom is -0.324 e. The predicted molar refractivity (Wildman–Crippen MR) is 111 cm³/mol. The van der Waals surface area contributed by atoms with Crippen molar-refractivity contribution in [3.05, 3.63) is 78.6 Å². The number of nitrogens with one attached hydrogen (secondary N) is 1. The van der Waals surface area contributed by atoms with Crippen LogP contribution in [0.5, 0.6) is 0 Å². The van der Waals surface area contributed by atoms with Crippen LogP contribution in [0, 0.1) is 0 Å². The number of rotatable bonds is 2. The molecular weight excluding hydrogens is 348 g/mol. The van der Waals surface area contributed by atoms with E-state index in [1.54, 1.807) is 12.4 Å². The van der Waals surface area contributed by atoms with Gasteiger partial charge in [0.2, 0.25) is 0 Å². The molecule has 1 aliphatic rings. The van der Waals surface area contributed by atoms with E-state index in [1.807, 2.05) is 41.3 Å². The van der Waals surface area contributed by atoms with Gasteiger partial charge < -0.3 is 10.2 Å². The van der Waals surface area contributed by atoms with Crippen molar-refractivity contribution in [3.8, 4) is 0 Å². The summed E-state index contributed by atoms with van der Waals surface area (Å²) in [7, 11) is 0. The molecule has 0 saturated carbocycles. The maximum atomic E-state index is 13.0. The number of carbonyl (C=O) groups excluding carboxylic acids is 1. The largest absolute Gasteiger partial charge is 0.324 e. The average molecular weight is 368 g/mol. The number of nitrogens with zero attached hydrogens (tertiary/aromatic N) is 3. The highest BCUT2D eigenvalue weighted by molar-refractivity contribution is 6.11. The van der Waals surface area contributed by atoms with Gasteiger partial charge in [0.15, 0.2) is 0 Å². The maximum Gasteiger partial charge on any atom is 0.321 e. The number of anilines is 1. The van der Waals surface area contributed by atoms with Crippen molar-refractivity contribution in [2.75, 3.05) is 18.4 Å². The second-order valence-electron chi connectivity index (χ2n) is 7.17. The summed E-state index contributed by atoms with van der Waals surface area (Å²) in [5.41, 5.74) is 3.72. The normalized spacial score (nSPS) is 16.6. The van der Waals surface area contributed by atoms with Gasteiger partial charge in [-0.2, -0.15) is 0 Å². The van der Waals surface area contributed by atoms with E-state index < -0.39 is 0 Å². The van der Waals surface area contributed by atoms with E-state index in [9.17, 15) is 4.79 Å². The quantitative estimate of drug-likeness (QED) is 0.517. The monoisotopic (exact) mass is 368 g/mol. The summed E-state index contributed by atoms with van der Waals surface area (Å²) in [6, 6.07) is 20.1. The Morgan fingerprint density at radius 1 is 0.964 bits per heavy atom. The Kier molecular flexibility index (Phi) is 4.13. The maximum absolute atomic E-state index is 13.0. The SMILES string of the molecule is O=C(Nc1cc2cccnc2c2ncccc12)N1CC[C@H](c2ccccc2)C1. The van der Waals surface area contributed by atoms with Crippen molar-refractivity contribution in [3.63, 3.8) is 0 Å². The van der Waals surface area contributed by atoms with Gasteiger partial charge in [0.05, 0.1) is 16.7 Å². The summed E-state index contributed by atoms with van der Waals surface area (Å²) in [5, 5.41) is 4.98. The molecule has 3 heterocycles. The van der Waals surface area contributed by atoms with Crippen LogP contribution in [0.15, 0.2) is 73.1 Å². The second kappa shape index (κ2) is 6.93. The van der Waals surface area contributed by atoms with Crippen LogP contribution in [0.1, 0.15) is 17.9 Å². The van der Waals surface area contributed by atoms with Crippen molar-refractivity contribution in [1.82, 2.24) is 14.9 Å². The molecule has 2 aromatic heterocycles. The van der Waals surface area contributed by atoms with Gasteiger partial charge in [-0.1, -0.05) is 36.4 Å². The number of fused-ring (bicyclic) bond motifs is 3. The number of pyridine rings is 2. The highest BCUT2D eigenvalue weighted by Gasteiger charge is 2.27. The number of carbonyl (C=O) groups is 1. The van der Waals surface area contributed by atoms with E-state index in [2.05, 4.69) is 39.6 Å². The van der Waals surface area contributed by atoms with Crippen molar-refractivity contribution >= 4 is 33.5 Å². The molecule has 0 unspecified atom stereocenters. The smallest absolute Gasteiger partial charge is 0.321 e. The van der Waals surface area contributed by atoms with Crippen LogP contribution in [0.25, 0.3) is 21.8 Å². The van der Waals surface area contributed by atoms with Crippen molar-refractivity contribution < 1.29 is 4.79 Å². The van der Waals surface area contributed by atoms with Crippen LogP contribution in [0.2, 0.25) is 0 Å². The lowest BCUT2D eigenvalue weighted by Crippen LogP contribution is -2.32. The topological polar surface area (TPSA) is 58.1 Å². The Balaban J connectivity index is 1.43. The third-order valence-electron chi connectivity index (χ3n) is 5.45. The standard InChI is InChI=1S/C23H20N4O/c28-23(27-13-10-18(15-27)16-6-2-1-3-7-16)26-20-14-17-8-4-11-24-21(17)22-19(20)9-5-12-25-22/h1-9,11-12,14,18H,10,13,15H2,(H,26,28)/t18-/m0/s1. The summed E-state index contributed by atoms with van der Waals surface area (Å²) in [4.78, 5) is 23.8. The number of urea groups is 1. The number of amides is 2. The van der Waals surface area contributed by atoms with Crippen LogP contribution in [0.3, 0.4) is 0 Å². The Morgan fingerprint density at radius 3 is 2.61 bits per heavy atom. The van der Waals surface area contributed by atoms with Gasteiger partial charge >= 0.3 is 6.03 Å². The molecule has 1 fully saturated rings. The van der Waals surface area contributed by atoms with Gasteiger partial charge in [0.1, 0.15) is 0 Å². The zero-order valence-electron chi connectivity index (χ0n) is 15.4. The Bertz CT molecular complexity index is 1160. The predicted octanol–water partition coefficient (Wildman–Crippen LogP) is 4.80. The fourth-order valence-corrected chi connectivity index (χ4v) is 4.02. The lowest BCUT2D eigenvalue weighted by atomic mass is 9.99. The van der Waals surface area contributed by atoms with Crippen molar-refractivity contribution in [1.29, 1.82) is 0 Å². The molecule has 5 rings (SSSR count). The molecule has 4 aromatic rings. The highest BCUT2D eigenvalue weighted by atomic mass is 16.2. The van der Waals surface area contributed by atoms with E-state index in [4.69, 9.17) is 0 Å². The third kappa shape index (κ3) is 2.95. The number of hydrogen-bond donors (Lipinski definition) is 1. The molecule has 1 saturated heterocycles. The molecule has 1 N–H and O–H groups in total.